The molecule has 0 aliphatic heterocycles. The van der Waals surface area contributed by atoms with Crippen LogP contribution >= 0.6 is 0 Å². The van der Waals surface area contributed by atoms with Gasteiger partial charge in [0, 0.05) is 6.54 Å². The van der Waals surface area contributed by atoms with Crippen LogP contribution < -0.4 is 5.32 Å². The van der Waals surface area contributed by atoms with Gasteiger partial charge in [0.05, 0.1) is 5.56 Å². The summed E-state index contributed by atoms with van der Waals surface area (Å²) in [6.45, 7) is 2.84. The Labute approximate surface area is 104 Å². The van der Waals surface area contributed by atoms with Gasteiger partial charge in [-0.05, 0) is 30.7 Å². The molecule has 0 aromatic heterocycles. The van der Waals surface area contributed by atoms with Crippen LogP contribution in [-0.4, -0.2) is 6.54 Å². The standard InChI is InChI=1S/C13H17F4N/c1-2-3-4-7-18-9-10-5-6-11(14)8-12(10)13(15,16)17/h5-6,8,18H,2-4,7,9H2,1H3. The van der Waals surface area contributed by atoms with Crippen molar-refractivity contribution in [3.63, 3.8) is 0 Å². The third-order valence-corrected chi connectivity index (χ3v) is 2.65. The lowest BCUT2D eigenvalue weighted by atomic mass is 10.1. The topological polar surface area (TPSA) is 12.0 Å². The van der Waals surface area contributed by atoms with Crippen molar-refractivity contribution in [3.05, 3.63) is 35.1 Å². The highest BCUT2D eigenvalue weighted by atomic mass is 19.4. The first kappa shape index (κ1) is 15.0. The van der Waals surface area contributed by atoms with E-state index in [1.165, 1.54) is 6.07 Å². The second-order valence-electron chi connectivity index (χ2n) is 4.18. The number of hydrogen-bond acceptors (Lipinski definition) is 1. The minimum Gasteiger partial charge on any atom is -0.313 e. The molecule has 1 rings (SSSR count). The van der Waals surface area contributed by atoms with Gasteiger partial charge in [0.25, 0.3) is 0 Å². The van der Waals surface area contributed by atoms with Gasteiger partial charge in [0.1, 0.15) is 5.82 Å². The Hall–Kier alpha value is -1.10. The molecule has 0 aliphatic rings. The molecule has 18 heavy (non-hydrogen) atoms. The van der Waals surface area contributed by atoms with Crippen molar-refractivity contribution in [2.45, 2.75) is 38.9 Å². The molecule has 0 bridgehead atoms. The van der Waals surface area contributed by atoms with E-state index < -0.39 is 17.6 Å². The summed E-state index contributed by atoms with van der Waals surface area (Å²) < 4.78 is 50.8. The quantitative estimate of drug-likeness (QED) is 0.601. The normalized spacial score (nSPS) is 11.8. The highest BCUT2D eigenvalue weighted by Crippen LogP contribution is 2.32. The molecule has 0 atom stereocenters. The third kappa shape index (κ3) is 4.64. The van der Waals surface area contributed by atoms with Gasteiger partial charge < -0.3 is 5.32 Å². The van der Waals surface area contributed by atoms with Crippen molar-refractivity contribution in [2.75, 3.05) is 6.54 Å². The van der Waals surface area contributed by atoms with Gasteiger partial charge in [-0.1, -0.05) is 25.8 Å². The van der Waals surface area contributed by atoms with E-state index in [-0.39, 0.29) is 12.1 Å². The molecule has 1 N–H and O–H groups in total. The smallest absolute Gasteiger partial charge is 0.313 e. The van der Waals surface area contributed by atoms with E-state index in [0.717, 1.165) is 25.3 Å². The summed E-state index contributed by atoms with van der Waals surface area (Å²) >= 11 is 0. The van der Waals surface area contributed by atoms with E-state index in [9.17, 15) is 17.6 Å². The van der Waals surface area contributed by atoms with Gasteiger partial charge in [-0.15, -0.1) is 0 Å². The Morgan fingerprint density at radius 2 is 1.89 bits per heavy atom. The van der Waals surface area contributed by atoms with Crippen molar-refractivity contribution in [3.8, 4) is 0 Å². The van der Waals surface area contributed by atoms with Crippen LogP contribution in [0.25, 0.3) is 0 Å². The van der Waals surface area contributed by atoms with Gasteiger partial charge in [0.2, 0.25) is 0 Å². The molecule has 1 aromatic rings. The summed E-state index contributed by atoms with van der Waals surface area (Å²) in [5.74, 6) is -0.864. The van der Waals surface area contributed by atoms with Crippen molar-refractivity contribution in [2.24, 2.45) is 0 Å². The van der Waals surface area contributed by atoms with Gasteiger partial charge in [-0.25, -0.2) is 4.39 Å². The summed E-state index contributed by atoms with van der Waals surface area (Å²) in [6, 6.07) is 2.78. The maximum atomic E-state index is 12.8. The monoisotopic (exact) mass is 263 g/mol. The van der Waals surface area contributed by atoms with E-state index in [4.69, 9.17) is 0 Å². The maximum Gasteiger partial charge on any atom is 0.416 e. The lowest BCUT2D eigenvalue weighted by Gasteiger charge is -2.13. The Kier molecular flexibility index (Phi) is 5.59. The van der Waals surface area contributed by atoms with Crippen LogP contribution in [0, 0.1) is 5.82 Å². The molecule has 0 amide bonds. The molecule has 0 radical (unpaired) electrons. The summed E-state index contributed by atoms with van der Waals surface area (Å²) in [6.07, 6.45) is -1.48. The van der Waals surface area contributed by atoms with Crippen LogP contribution in [0.4, 0.5) is 17.6 Å². The van der Waals surface area contributed by atoms with Crippen molar-refractivity contribution >= 4 is 0 Å². The van der Waals surface area contributed by atoms with Crippen LogP contribution in [0.1, 0.15) is 37.3 Å². The van der Waals surface area contributed by atoms with E-state index in [1.807, 2.05) is 0 Å². The third-order valence-electron chi connectivity index (χ3n) is 2.65. The number of nitrogens with one attached hydrogen (secondary N) is 1. The van der Waals surface area contributed by atoms with E-state index >= 15 is 0 Å². The largest absolute Gasteiger partial charge is 0.416 e. The van der Waals surface area contributed by atoms with Crippen LogP contribution in [-0.2, 0) is 12.7 Å². The first-order valence-corrected chi connectivity index (χ1v) is 6.01. The predicted octanol–water partition coefficient (Wildman–Crippen LogP) is 4.12. The molecule has 0 saturated heterocycles. The molecule has 0 spiro atoms. The molecule has 0 saturated carbocycles. The average Bonchev–Trinajstić information content (AvgIpc) is 2.29. The van der Waals surface area contributed by atoms with Gasteiger partial charge >= 0.3 is 6.18 Å². The highest BCUT2D eigenvalue weighted by Gasteiger charge is 2.33. The summed E-state index contributed by atoms with van der Waals surface area (Å²) in [5, 5.41) is 2.95. The summed E-state index contributed by atoms with van der Waals surface area (Å²) in [4.78, 5) is 0. The molecule has 0 heterocycles. The zero-order valence-electron chi connectivity index (χ0n) is 10.3. The zero-order chi connectivity index (χ0) is 13.6. The molecule has 1 aromatic carbocycles. The minimum atomic E-state index is -4.51. The predicted molar refractivity (Wildman–Crippen MR) is 62.6 cm³/mol. The fourth-order valence-corrected chi connectivity index (χ4v) is 1.69. The van der Waals surface area contributed by atoms with Crippen LogP contribution in [0.5, 0.6) is 0 Å². The molecule has 0 fully saturated rings. The molecule has 1 nitrogen and oxygen atoms in total. The number of alkyl halides is 3. The second-order valence-corrected chi connectivity index (χ2v) is 4.18. The lowest BCUT2D eigenvalue weighted by Crippen LogP contribution is -2.18. The van der Waals surface area contributed by atoms with Crippen molar-refractivity contribution < 1.29 is 17.6 Å². The first-order chi connectivity index (χ1) is 8.45. The first-order valence-electron chi connectivity index (χ1n) is 6.01. The fraction of sp³-hybridized carbons (Fsp3) is 0.538. The van der Waals surface area contributed by atoms with Crippen molar-refractivity contribution in [1.29, 1.82) is 0 Å². The Bertz CT molecular complexity index is 374. The highest BCUT2D eigenvalue weighted by molar-refractivity contribution is 5.30. The summed E-state index contributed by atoms with van der Waals surface area (Å²) in [7, 11) is 0. The summed E-state index contributed by atoms with van der Waals surface area (Å²) in [5.41, 5.74) is -0.814. The molecular weight excluding hydrogens is 246 g/mol. The van der Waals surface area contributed by atoms with Crippen LogP contribution in [0.15, 0.2) is 18.2 Å². The van der Waals surface area contributed by atoms with Crippen LogP contribution in [0.3, 0.4) is 0 Å². The molecule has 0 aliphatic carbocycles. The van der Waals surface area contributed by atoms with Gasteiger partial charge in [0.15, 0.2) is 0 Å². The maximum absolute atomic E-state index is 12.8. The molecule has 0 unspecified atom stereocenters. The number of halogens is 4. The van der Waals surface area contributed by atoms with Gasteiger partial charge in [-0.3, -0.25) is 0 Å². The lowest BCUT2D eigenvalue weighted by molar-refractivity contribution is -0.138. The molecule has 5 heteroatoms. The number of unbranched alkanes of at least 4 members (excludes halogenated alkanes) is 2. The van der Waals surface area contributed by atoms with E-state index in [1.54, 1.807) is 0 Å². The Morgan fingerprint density at radius 1 is 1.17 bits per heavy atom. The van der Waals surface area contributed by atoms with Crippen LogP contribution in [0.2, 0.25) is 0 Å². The number of benzene rings is 1. The minimum absolute atomic E-state index is 0.0837. The zero-order valence-corrected chi connectivity index (χ0v) is 10.3. The number of rotatable bonds is 6. The van der Waals surface area contributed by atoms with E-state index in [2.05, 4.69) is 12.2 Å². The average molecular weight is 263 g/mol. The van der Waals surface area contributed by atoms with Crippen molar-refractivity contribution in [1.82, 2.24) is 5.32 Å². The Morgan fingerprint density at radius 3 is 2.50 bits per heavy atom. The Balaban J connectivity index is 2.65. The van der Waals surface area contributed by atoms with Gasteiger partial charge in [-0.2, -0.15) is 13.2 Å². The number of hydrogen-bond donors (Lipinski definition) is 1. The molecule has 102 valence electrons. The fourth-order valence-electron chi connectivity index (χ4n) is 1.69. The molecular formula is C13H17F4N. The van der Waals surface area contributed by atoms with E-state index in [0.29, 0.717) is 12.6 Å². The SMILES string of the molecule is CCCCCNCc1ccc(F)cc1C(F)(F)F. The second kappa shape index (κ2) is 6.73.